The average Bonchev–Trinajstić information content (AvgIpc) is 2.41. The van der Waals surface area contributed by atoms with Crippen molar-refractivity contribution in [3.8, 4) is 5.75 Å². The number of carboxylic acids is 1. The van der Waals surface area contributed by atoms with Gasteiger partial charge < -0.3 is 9.84 Å². The maximum Gasteiger partial charge on any atom is 0.328 e. The Morgan fingerprint density at radius 1 is 1.40 bits per heavy atom. The van der Waals surface area contributed by atoms with Gasteiger partial charge in [0.25, 0.3) is 0 Å². The summed E-state index contributed by atoms with van der Waals surface area (Å²) in [6.45, 7) is 0. The molecule has 1 aromatic carbocycles. The monoisotopic (exact) mass is 312 g/mol. The van der Waals surface area contributed by atoms with Crippen molar-refractivity contribution >= 4 is 35.2 Å². The molecule has 20 heavy (non-hydrogen) atoms. The first-order valence-electron chi connectivity index (χ1n) is 6.29. The number of halogens is 2. The normalized spacial score (nSPS) is 18.4. The number of benzene rings is 1. The molecule has 0 heterocycles. The second-order valence-electron chi connectivity index (χ2n) is 4.49. The maximum absolute atomic E-state index is 10.6. The van der Waals surface area contributed by atoms with Crippen LogP contribution in [0.4, 0.5) is 0 Å². The van der Waals surface area contributed by atoms with E-state index in [-0.39, 0.29) is 6.10 Å². The lowest BCUT2D eigenvalue weighted by atomic mass is 10.1. The summed E-state index contributed by atoms with van der Waals surface area (Å²) in [5.41, 5.74) is 0.559. The molecular formula is C15H14Cl2O3. The molecule has 0 saturated carbocycles. The fourth-order valence-electron chi connectivity index (χ4n) is 2.02. The van der Waals surface area contributed by atoms with E-state index in [0.717, 1.165) is 25.3 Å². The highest BCUT2D eigenvalue weighted by atomic mass is 35.5. The standard InChI is InChI=1S/C15H14Cl2O3/c16-11-8-10(6-7-14(18)19)15(13(17)9-11)20-12-4-2-1-3-5-12/h2,4,6-9,12H,1,3,5H2,(H,18,19)/b7-6+. The third-order valence-corrected chi connectivity index (χ3v) is 3.42. The second-order valence-corrected chi connectivity index (χ2v) is 5.34. The van der Waals surface area contributed by atoms with Gasteiger partial charge in [-0.05, 0) is 43.5 Å². The zero-order valence-corrected chi connectivity index (χ0v) is 12.2. The summed E-state index contributed by atoms with van der Waals surface area (Å²) >= 11 is 12.1. The summed E-state index contributed by atoms with van der Waals surface area (Å²) in [6.07, 6.45) is 9.53. The lowest BCUT2D eigenvalue weighted by molar-refractivity contribution is -0.131. The number of hydrogen-bond acceptors (Lipinski definition) is 2. The van der Waals surface area contributed by atoms with Gasteiger partial charge in [0.1, 0.15) is 11.9 Å². The molecule has 0 aliphatic heterocycles. The van der Waals surface area contributed by atoms with Crippen molar-refractivity contribution < 1.29 is 14.6 Å². The lowest BCUT2D eigenvalue weighted by Crippen LogP contribution is -2.16. The summed E-state index contributed by atoms with van der Waals surface area (Å²) < 4.78 is 5.88. The van der Waals surface area contributed by atoms with Gasteiger partial charge in [-0.15, -0.1) is 0 Å². The molecule has 1 aromatic rings. The molecule has 5 heteroatoms. The highest BCUT2D eigenvalue weighted by molar-refractivity contribution is 6.36. The van der Waals surface area contributed by atoms with E-state index in [2.05, 4.69) is 6.08 Å². The van der Waals surface area contributed by atoms with E-state index in [4.69, 9.17) is 33.0 Å². The van der Waals surface area contributed by atoms with Gasteiger partial charge in [0.05, 0.1) is 5.02 Å². The van der Waals surface area contributed by atoms with Crippen LogP contribution in [0.25, 0.3) is 6.08 Å². The Bertz CT molecular complexity index is 564. The number of carboxylic acid groups (broad SMARTS) is 1. The molecule has 0 saturated heterocycles. The largest absolute Gasteiger partial charge is 0.484 e. The first-order valence-corrected chi connectivity index (χ1v) is 7.05. The van der Waals surface area contributed by atoms with E-state index >= 15 is 0 Å². The van der Waals surface area contributed by atoms with E-state index in [0.29, 0.717) is 21.4 Å². The van der Waals surface area contributed by atoms with Crippen molar-refractivity contribution in [2.45, 2.75) is 25.4 Å². The molecule has 3 nitrogen and oxygen atoms in total. The van der Waals surface area contributed by atoms with Crippen LogP contribution in [0, 0.1) is 0 Å². The van der Waals surface area contributed by atoms with Crippen LogP contribution in [0.3, 0.4) is 0 Å². The van der Waals surface area contributed by atoms with Crippen molar-refractivity contribution in [2.75, 3.05) is 0 Å². The zero-order chi connectivity index (χ0) is 14.5. The van der Waals surface area contributed by atoms with Gasteiger partial charge in [-0.3, -0.25) is 0 Å². The zero-order valence-electron chi connectivity index (χ0n) is 10.7. The van der Waals surface area contributed by atoms with Crippen LogP contribution in [-0.2, 0) is 4.79 Å². The van der Waals surface area contributed by atoms with Crippen LogP contribution in [0.2, 0.25) is 10.0 Å². The Hall–Kier alpha value is -1.45. The molecule has 0 aromatic heterocycles. The van der Waals surface area contributed by atoms with Crippen LogP contribution in [0.15, 0.2) is 30.4 Å². The van der Waals surface area contributed by atoms with E-state index in [9.17, 15) is 4.79 Å². The number of carbonyl (C=O) groups is 1. The van der Waals surface area contributed by atoms with E-state index in [1.54, 1.807) is 12.1 Å². The fourth-order valence-corrected chi connectivity index (χ4v) is 2.57. The Morgan fingerprint density at radius 3 is 2.85 bits per heavy atom. The predicted molar refractivity (Wildman–Crippen MR) is 80.5 cm³/mol. The van der Waals surface area contributed by atoms with Gasteiger partial charge in [-0.1, -0.05) is 29.3 Å². The Balaban J connectivity index is 2.31. The summed E-state index contributed by atoms with van der Waals surface area (Å²) in [4.78, 5) is 10.6. The SMILES string of the molecule is O=C(O)/C=C/c1cc(Cl)cc(Cl)c1OC1C=CCCC1. The summed E-state index contributed by atoms with van der Waals surface area (Å²) in [5.74, 6) is -0.574. The van der Waals surface area contributed by atoms with Gasteiger partial charge in [-0.25, -0.2) is 4.79 Å². The molecular weight excluding hydrogens is 299 g/mol. The van der Waals surface area contributed by atoms with E-state index in [1.807, 2.05) is 6.08 Å². The number of ether oxygens (including phenoxy) is 1. The van der Waals surface area contributed by atoms with Crippen LogP contribution in [0.1, 0.15) is 24.8 Å². The third-order valence-electron chi connectivity index (χ3n) is 2.92. The highest BCUT2D eigenvalue weighted by Crippen LogP contribution is 2.35. The van der Waals surface area contributed by atoms with E-state index in [1.165, 1.54) is 6.08 Å². The average molecular weight is 313 g/mol. The lowest BCUT2D eigenvalue weighted by Gasteiger charge is -2.20. The molecule has 0 spiro atoms. The van der Waals surface area contributed by atoms with Crippen molar-refractivity contribution in [2.24, 2.45) is 0 Å². The molecule has 0 fully saturated rings. The van der Waals surface area contributed by atoms with Gasteiger partial charge >= 0.3 is 5.97 Å². The molecule has 0 bridgehead atoms. The summed E-state index contributed by atoms with van der Waals surface area (Å²) in [7, 11) is 0. The first-order chi connectivity index (χ1) is 9.56. The molecule has 1 unspecified atom stereocenters. The molecule has 1 N–H and O–H groups in total. The molecule has 106 valence electrons. The van der Waals surface area contributed by atoms with Gasteiger partial charge in [0.15, 0.2) is 0 Å². The Kier molecular flexibility index (Phi) is 5.10. The van der Waals surface area contributed by atoms with Gasteiger partial charge in [0.2, 0.25) is 0 Å². The van der Waals surface area contributed by atoms with Crippen molar-refractivity contribution in [3.05, 3.63) is 46.0 Å². The first kappa shape index (κ1) is 14.9. The van der Waals surface area contributed by atoms with Crippen LogP contribution in [0.5, 0.6) is 5.75 Å². The predicted octanol–water partition coefficient (Wildman–Crippen LogP) is 4.58. The Labute approximate surface area is 127 Å². The van der Waals surface area contributed by atoms with Crippen LogP contribution >= 0.6 is 23.2 Å². The van der Waals surface area contributed by atoms with Crippen molar-refractivity contribution in [3.63, 3.8) is 0 Å². The van der Waals surface area contributed by atoms with Crippen molar-refractivity contribution in [1.29, 1.82) is 0 Å². The third kappa shape index (κ3) is 4.02. The van der Waals surface area contributed by atoms with Gasteiger partial charge in [-0.2, -0.15) is 0 Å². The molecule has 0 amide bonds. The maximum atomic E-state index is 10.6. The Morgan fingerprint density at radius 2 is 2.20 bits per heavy atom. The second kappa shape index (κ2) is 6.82. The molecule has 1 aliphatic rings. The van der Waals surface area contributed by atoms with Crippen molar-refractivity contribution in [1.82, 2.24) is 0 Å². The smallest absolute Gasteiger partial charge is 0.328 e. The van der Waals surface area contributed by atoms with Crippen LogP contribution < -0.4 is 4.74 Å². The van der Waals surface area contributed by atoms with Gasteiger partial charge in [0, 0.05) is 16.7 Å². The summed E-state index contributed by atoms with van der Waals surface area (Å²) in [5, 5.41) is 9.53. The number of hydrogen-bond donors (Lipinski definition) is 1. The molecule has 0 radical (unpaired) electrons. The highest BCUT2D eigenvalue weighted by Gasteiger charge is 2.15. The number of aliphatic carboxylic acids is 1. The van der Waals surface area contributed by atoms with Crippen LogP contribution in [-0.4, -0.2) is 17.2 Å². The minimum atomic E-state index is -1.04. The fraction of sp³-hybridized carbons (Fsp3) is 0.267. The quantitative estimate of drug-likeness (QED) is 0.654. The molecule has 1 aliphatic carbocycles. The molecule has 1 atom stereocenters. The number of allylic oxidation sites excluding steroid dienone is 1. The minimum absolute atomic E-state index is 0.0422. The molecule has 2 rings (SSSR count). The number of rotatable bonds is 4. The van der Waals surface area contributed by atoms with E-state index < -0.39 is 5.97 Å². The minimum Gasteiger partial charge on any atom is -0.484 e. The topological polar surface area (TPSA) is 46.5 Å². The summed E-state index contributed by atoms with van der Waals surface area (Å²) in [6, 6.07) is 3.22.